The normalized spacial score (nSPS) is 12.1. The zero-order chi connectivity index (χ0) is 31.3. The minimum Gasteiger partial charge on any atom is -0.481 e. The van der Waals surface area contributed by atoms with Gasteiger partial charge in [0.25, 0.3) is 5.91 Å². The first-order chi connectivity index (χ1) is 21.1. The molecule has 0 bridgehead atoms. The van der Waals surface area contributed by atoms with Crippen molar-refractivity contribution in [2.75, 3.05) is 6.54 Å². The van der Waals surface area contributed by atoms with Crippen LogP contribution < -0.4 is 5.32 Å². The van der Waals surface area contributed by atoms with Gasteiger partial charge in [0.05, 0.1) is 12.1 Å². The van der Waals surface area contributed by atoms with E-state index in [4.69, 9.17) is 21.2 Å². The van der Waals surface area contributed by atoms with Gasteiger partial charge < -0.3 is 14.9 Å². The van der Waals surface area contributed by atoms with Crippen LogP contribution >= 0.6 is 11.6 Å². The average Bonchev–Trinajstić information content (AvgIpc) is 3.50. The summed E-state index contributed by atoms with van der Waals surface area (Å²) in [5, 5.41) is 16.7. The number of halogens is 1. The molecule has 2 N–H and O–H groups in total. The summed E-state index contributed by atoms with van der Waals surface area (Å²) in [4.78, 5) is 23.2. The lowest BCUT2D eigenvalue weighted by Gasteiger charge is -2.21. The summed E-state index contributed by atoms with van der Waals surface area (Å²) in [6.45, 7) is 6.67. The molecule has 44 heavy (non-hydrogen) atoms. The fourth-order valence-corrected chi connectivity index (χ4v) is 5.23. The SMILES string of the molecule is CC(C)(C)c1ccc(C(Cc2ccc(C(=O)NCCC(=O)O)cc2)c2cc(-c3cccc(-c4ccc(Cl)cc4)c3)on2)cc1. The van der Waals surface area contributed by atoms with Gasteiger partial charge in [0, 0.05) is 34.7 Å². The van der Waals surface area contributed by atoms with E-state index >= 15 is 0 Å². The van der Waals surface area contributed by atoms with Crippen LogP contribution in [0.5, 0.6) is 0 Å². The van der Waals surface area contributed by atoms with Gasteiger partial charge in [-0.15, -0.1) is 0 Å². The van der Waals surface area contributed by atoms with Crippen molar-refractivity contribution < 1.29 is 19.2 Å². The molecule has 0 radical (unpaired) electrons. The van der Waals surface area contributed by atoms with E-state index in [0.717, 1.165) is 33.5 Å². The third-order valence-electron chi connectivity index (χ3n) is 7.67. The summed E-state index contributed by atoms with van der Waals surface area (Å²) >= 11 is 6.09. The van der Waals surface area contributed by atoms with Crippen LogP contribution in [0.3, 0.4) is 0 Å². The maximum atomic E-state index is 12.5. The van der Waals surface area contributed by atoms with E-state index < -0.39 is 5.97 Å². The molecule has 1 atom stereocenters. The van der Waals surface area contributed by atoms with Crippen LogP contribution in [0.2, 0.25) is 5.02 Å². The molecule has 0 aliphatic carbocycles. The summed E-state index contributed by atoms with van der Waals surface area (Å²) in [6.07, 6.45) is 0.525. The lowest BCUT2D eigenvalue weighted by atomic mass is 9.83. The largest absolute Gasteiger partial charge is 0.481 e. The Kier molecular flexibility index (Phi) is 9.31. The summed E-state index contributed by atoms with van der Waals surface area (Å²) < 4.78 is 5.92. The van der Waals surface area contributed by atoms with Gasteiger partial charge in [0.2, 0.25) is 0 Å². The Balaban J connectivity index is 1.42. The molecule has 1 amide bonds. The van der Waals surface area contributed by atoms with E-state index in [0.29, 0.717) is 22.8 Å². The highest BCUT2D eigenvalue weighted by molar-refractivity contribution is 6.30. The van der Waals surface area contributed by atoms with E-state index in [1.165, 1.54) is 5.56 Å². The second-order valence-corrected chi connectivity index (χ2v) is 12.4. The molecule has 5 aromatic rings. The van der Waals surface area contributed by atoms with Gasteiger partial charge in [0.15, 0.2) is 5.76 Å². The number of carbonyl (C=O) groups is 2. The van der Waals surface area contributed by atoms with Crippen molar-refractivity contribution in [2.24, 2.45) is 0 Å². The number of rotatable bonds is 10. The third-order valence-corrected chi connectivity index (χ3v) is 7.92. The van der Waals surface area contributed by atoms with Crippen LogP contribution in [0.25, 0.3) is 22.5 Å². The molecule has 0 saturated carbocycles. The quantitative estimate of drug-likeness (QED) is 0.166. The van der Waals surface area contributed by atoms with Gasteiger partial charge in [-0.2, -0.15) is 0 Å². The summed E-state index contributed by atoms with van der Waals surface area (Å²) in [5.41, 5.74) is 7.77. The zero-order valence-electron chi connectivity index (χ0n) is 25.0. The van der Waals surface area contributed by atoms with Crippen LogP contribution in [-0.2, 0) is 16.6 Å². The molecule has 5 rings (SSSR count). The second kappa shape index (κ2) is 13.3. The van der Waals surface area contributed by atoms with Crippen molar-refractivity contribution in [3.63, 3.8) is 0 Å². The first-order valence-corrected chi connectivity index (χ1v) is 15.0. The molecule has 0 fully saturated rings. The van der Waals surface area contributed by atoms with Crippen molar-refractivity contribution in [1.82, 2.24) is 10.5 Å². The van der Waals surface area contributed by atoms with Gasteiger partial charge in [0.1, 0.15) is 0 Å². The maximum Gasteiger partial charge on any atom is 0.305 e. The van der Waals surface area contributed by atoms with Gasteiger partial charge in [-0.3, -0.25) is 9.59 Å². The van der Waals surface area contributed by atoms with Crippen molar-refractivity contribution >= 4 is 23.5 Å². The smallest absolute Gasteiger partial charge is 0.305 e. The first kappa shape index (κ1) is 30.8. The maximum absolute atomic E-state index is 12.5. The molecule has 0 saturated heterocycles. The number of carboxylic acid groups (broad SMARTS) is 1. The van der Waals surface area contributed by atoms with Crippen LogP contribution in [0.4, 0.5) is 0 Å². The third kappa shape index (κ3) is 7.63. The van der Waals surface area contributed by atoms with E-state index in [9.17, 15) is 9.59 Å². The molecular formula is C37H35ClN2O4. The Morgan fingerprint density at radius 1 is 0.864 bits per heavy atom. The van der Waals surface area contributed by atoms with Crippen molar-refractivity contribution in [2.45, 2.75) is 44.9 Å². The zero-order valence-corrected chi connectivity index (χ0v) is 25.8. The van der Waals surface area contributed by atoms with E-state index in [-0.39, 0.29) is 30.2 Å². The number of carboxylic acids is 1. The summed E-state index contributed by atoms with van der Waals surface area (Å²) in [5.74, 6) is -0.654. The van der Waals surface area contributed by atoms with E-state index in [2.05, 4.69) is 67.6 Å². The number of nitrogens with one attached hydrogen (secondary N) is 1. The second-order valence-electron chi connectivity index (χ2n) is 11.9. The number of amides is 1. The predicted molar refractivity (Wildman–Crippen MR) is 174 cm³/mol. The number of aliphatic carboxylic acids is 1. The van der Waals surface area contributed by atoms with Gasteiger partial charge >= 0.3 is 5.97 Å². The molecule has 1 heterocycles. The number of hydrogen-bond acceptors (Lipinski definition) is 4. The standard InChI is InChI=1S/C37H35ClN2O4/c1-37(2,3)30-15-11-26(12-16-30)32(21-24-7-9-27(10-8-24)36(43)39-20-19-35(41)42)33-23-34(44-40-33)29-6-4-5-28(22-29)25-13-17-31(38)18-14-25/h4-18,22-23,32H,19-21H2,1-3H3,(H,39,43)(H,41,42). The molecular weight excluding hydrogens is 572 g/mol. The Hall–Kier alpha value is -4.68. The van der Waals surface area contributed by atoms with Gasteiger partial charge in [-0.05, 0) is 70.0 Å². The Bertz CT molecular complexity index is 1730. The number of carbonyl (C=O) groups excluding carboxylic acids is 1. The lowest BCUT2D eigenvalue weighted by molar-refractivity contribution is -0.136. The minimum atomic E-state index is -0.951. The van der Waals surface area contributed by atoms with Crippen LogP contribution in [-0.4, -0.2) is 28.7 Å². The highest BCUT2D eigenvalue weighted by Gasteiger charge is 2.22. The number of nitrogens with zero attached hydrogens (tertiary/aromatic N) is 1. The van der Waals surface area contributed by atoms with E-state index in [1.807, 2.05) is 54.6 Å². The molecule has 6 nitrogen and oxygen atoms in total. The molecule has 1 unspecified atom stereocenters. The highest BCUT2D eigenvalue weighted by atomic mass is 35.5. The van der Waals surface area contributed by atoms with Gasteiger partial charge in [-0.1, -0.05) is 104 Å². The van der Waals surface area contributed by atoms with Crippen molar-refractivity contribution in [3.05, 3.63) is 136 Å². The Morgan fingerprint density at radius 2 is 1.55 bits per heavy atom. The topological polar surface area (TPSA) is 92.4 Å². The van der Waals surface area contributed by atoms with Crippen LogP contribution in [0, 0.1) is 0 Å². The molecule has 1 aromatic heterocycles. The van der Waals surface area contributed by atoms with Crippen LogP contribution in [0.15, 0.2) is 108 Å². The highest BCUT2D eigenvalue weighted by Crippen LogP contribution is 2.34. The summed E-state index contributed by atoms with van der Waals surface area (Å²) in [7, 11) is 0. The molecule has 7 heteroatoms. The Morgan fingerprint density at radius 3 is 2.20 bits per heavy atom. The average molecular weight is 607 g/mol. The van der Waals surface area contributed by atoms with Crippen molar-refractivity contribution in [3.8, 4) is 22.5 Å². The fraction of sp³-hybridized carbons (Fsp3) is 0.216. The molecule has 0 aliphatic rings. The molecule has 0 aliphatic heterocycles. The monoisotopic (exact) mass is 606 g/mol. The summed E-state index contributed by atoms with van der Waals surface area (Å²) in [6, 6.07) is 34.0. The van der Waals surface area contributed by atoms with Gasteiger partial charge in [-0.25, -0.2) is 0 Å². The molecule has 0 spiro atoms. The number of hydrogen-bond donors (Lipinski definition) is 2. The fourth-order valence-electron chi connectivity index (χ4n) is 5.11. The molecule has 224 valence electrons. The minimum absolute atomic E-state index is 0.0328. The van der Waals surface area contributed by atoms with Crippen molar-refractivity contribution in [1.29, 1.82) is 0 Å². The van der Waals surface area contributed by atoms with Crippen LogP contribution in [0.1, 0.15) is 65.9 Å². The van der Waals surface area contributed by atoms with E-state index in [1.54, 1.807) is 12.1 Å². The molecule has 4 aromatic carbocycles. The number of aromatic nitrogens is 1. The first-order valence-electron chi connectivity index (χ1n) is 14.6. The Labute approximate surface area is 262 Å². The lowest BCUT2D eigenvalue weighted by Crippen LogP contribution is -2.25. The number of benzene rings is 4. The predicted octanol–water partition coefficient (Wildman–Crippen LogP) is 8.54.